The van der Waals surface area contributed by atoms with Gasteiger partial charge in [-0.1, -0.05) is 11.6 Å². The molecule has 2 heterocycles. The van der Waals surface area contributed by atoms with Crippen LogP contribution < -0.4 is 10.6 Å². The summed E-state index contributed by atoms with van der Waals surface area (Å²) in [4.78, 5) is 50.8. The van der Waals surface area contributed by atoms with Crippen molar-refractivity contribution in [3.05, 3.63) is 40.3 Å². The van der Waals surface area contributed by atoms with Gasteiger partial charge >= 0.3 is 5.97 Å². The lowest BCUT2D eigenvalue weighted by Crippen LogP contribution is -2.57. The zero-order chi connectivity index (χ0) is 19.7. The number of amides is 2. The number of rotatable bonds is 3. The largest absolute Gasteiger partial charge is 0.465 e. The minimum absolute atomic E-state index is 0.168. The van der Waals surface area contributed by atoms with Gasteiger partial charge in [-0.05, 0) is 18.2 Å². The molecule has 1 aromatic rings. The Labute approximate surface area is 158 Å². The number of esters is 1. The first kappa shape index (κ1) is 18.8. The van der Waals surface area contributed by atoms with E-state index in [1.807, 2.05) is 0 Å². The first-order chi connectivity index (χ1) is 12.8. The molecule has 0 aliphatic carbocycles. The van der Waals surface area contributed by atoms with Gasteiger partial charge < -0.3 is 20.3 Å². The molecular weight excluding hydrogens is 381 g/mol. The van der Waals surface area contributed by atoms with Gasteiger partial charge in [-0.15, -0.1) is 0 Å². The summed E-state index contributed by atoms with van der Waals surface area (Å²) in [7, 11) is 1.10. The monoisotopic (exact) mass is 395 g/mol. The van der Waals surface area contributed by atoms with Crippen LogP contribution in [-0.2, 0) is 23.9 Å². The Morgan fingerprint density at radius 2 is 2.11 bits per heavy atom. The van der Waals surface area contributed by atoms with E-state index in [2.05, 4.69) is 15.4 Å². The third-order valence-corrected chi connectivity index (χ3v) is 4.58. The van der Waals surface area contributed by atoms with E-state index in [4.69, 9.17) is 11.6 Å². The number of ketones is 1. The van der Waals surface area contributed by atoms with Crippen LogP contribution in [0, 0.1) is 5.82 Å². The Morgan fingerprint density at radius 3 is 2.78 bits per heavy atom. The van der Waals surface area contributed by atoms with Gasteiger partial charge in [-0.3, -0.25) is 14.4 Å². The number of benzene rings is 1. The lowest BCUT2D eigenvalue weighted by Gasteiger charge is -2.40. The van der Waals surface area contributed by atoms with Gasteiger partial charge in [-0.2, -0.15) is 0 Å². The Kier molecular flexibility index (Phi) is 5.13. The van der Waals surface area contributed by atoms with Gasteiger partial charge in [0.1, 0.15) is 23.1 Å². The molecule has 1 fully saturated rings. The standard InChI is InChI=1S/C17H15ClFN3O5/c1-27-17(26)13-12(23)7-11(22-5-4-20-16(25)14(13)22)15(24)21-8-2-3-10(19)9(18)6-8/h2-3,6,11H,4-5,7H2,1H3,(H,20,25)(H,21,24)/t11-/m0/s1. The molecule has 1 aromatic carbocycles. The molecule has 10 heteroatoms. The maximum absolute atomic E-state index is 13.3. The SMILES string of the molecule is COC(=O)C1=C2C(=O)NCCN2[C@H](C(=O)Nc2ccc(F)c(Cl)c2)CC1=O. The minimum Gasteiger partial charge on any atom is -0.465 e. The van der Waals surface area contributed by atoms with Crippen molar-refractivity contribution in [1.82, 2.24) is 10.2 Å². The van der Waals surface area contributed by atoms with Gasteiger partial charge in [0.25, 0.3) is 5.91 Å². The molecule has 1 saturated heterocycles. The van der Waals surface area contributed by atoms with Crippen LogP contribution in [0.4, 0.5) is 10.1 Å². The lowest BCUT2D eigenvalue weighted by molar-refractivity contribution is -0.141. The number of Topliss-reactive ketones (excluding diaryl/α,β-unsaturated/α-hetero) is 1. The van der Waals surface area contributed by atoms with Crippen LogP contribution in [0.1, 0.15) is 6.42 Å². The van der Waals surface area contributed by atoms with E-state index in [9.17, 15) is 23.6 Å². The maximum Gasteiger partial charge on any atom is 0.343 e. The van der Waals surface area contributed by atoms with E-state index in [0.29, 0.717) is 0 Å². The minimum atomic E-state index is -1.00. The number of piperazine rings is 1. The van der Waals surface area contributed by atoms with Crippen molar-refractivity contribution in [2.24, 2.45) is 0 Å². The van der Waals surface area contributed by atoms with Crippen LogP contribution in [0.25, 0.3) is 0 Å². The molecule has 0 aromatic heterocycles. The molecule has 0 radical (unpaired) electrons. The van der Waals surface area contributed by atoms with Gasteiger partial charge in [0.05, 0.1) is 12.1 Å². The number of carbonyl (C=O) groups excluding carboxylic acids is 4. The number of halogens is 2. The van der Waals surface area contributed by atoms with E-state index in [0.717, 1.165) is 13.2 Å². The van der Waals surface area contributed by atoms with Crippen LogP contribution in [0.3, 0.4) is 0 Å². The third kappa shape index (κ3) is 3.50. The highest BCUT2D eigenvalue weighted by atomic mass is 35.5. The third-order valence-electron chi connectivity index (χ3n) is 4.29. The molecule has 1 atom stereocenters. The second-order valence-electron chi connectivity index (χ2n) is 5.93. The second kappa shape index (κ2) is 7.36. The summed E-state index contributed by atoms with van der Waals surface area (Å²) in [5.41, 5.74) is -0.310. The van der Waals surface area contributed by atoms with Crippen molar-refractivity contribution in [3.63, 3.8) is 0 Å². The van der Waals surface area contributed by atoms with Crippen LogP contribution in [-0.4, -0.2) is 54.7 Å². The number of nitrogens with zero attached hydrogens (tertiary/aromatic N) is 1. The topological polar surface area (TPSA) is 105 Å². The zero-order valence-electron chi connectivity index (χ0n) is 14.2. The predicted octanol–water partition coefficient (Wildman–Crippen LogP) is 0.618. The number of nitrogens with one attached hydrogen (secondary N) is 2. The molecule has 3 rings (SSSR count). The molecule has 8 nitrogen and oxygen atoms in total. The Hall–Kier alpha value is -2.94. The van der Waals surface area contributed by atoms with E-state index in [1.54, 1.807) is 0 Å². The van der Waals surface area contributed by atoms with Crippen molar-refractivity contribution in [1.29, 1.82) is 0 Å². The number of methoxy groups -OCH3 is 1. The number of hydrogen-bond acceptors (Lipinski definition) is 6. The van der Waals surface area contributed by atoms with Crippen molar-refractivity contribution in [2.75, 3.05) is 25.5 Å². The van der Waals surface area contributed by atoms with Crippen LogP contribution in [0.5, 0.6) is 0 Å². The number of hydrogen-bond donors (Lipinski definition) is 2. The zero-order valence-corrected chi connectivity index (χ0v) is 14.9. The fourth-order valence-electron chi connectivity index (χ4n) is 3.05. The normalized spacial score (nSPS) is 19.4. The molecule has 0 bridgehead atoms. The maximum atomic E-state index is 13.3. The molecule has 0 saturated carbocycles. The van der Waals surface area contributed by atoms with Gasteiger partial charge in [0.15, 0.2) is 5.78 Å². The summed E-state index contributed by atoms with van der Waals surface area (Å²) in [6.07, 6.45) is -0.304. The molecule has 2 aliphatic rings. The highest BCUT2D eigenvalue weighted by molar-refractivity contribution is 6.31. The van der Waals surface area contributed by atoms with Gasteiger partial charge in [0, 0.05) is 25.2 Å². The molecular formula is C17H15ClFN3O5. The van der Waals surface area contributed by atoms with Crippen molar-refractivity contribution in [3.8, 4) is 0 Å². The highest BCUT2D eigenvalue weighted by Gasteiger charge is 2.44. The highest BCUT2D eigenvalue weighted by Crippen LogP contribution is 2.28. The van der Waals surface area contributed by atoms with Gasteiger partial charge in [0.2, 0.25) is 5.91 Å². The average molecular weight is 396 g/mol. The van der Waals surface area contributed by atoms with E-state index in [1.165, 1.54) is 17.0 Å². The summed E-state index contributed by atoms with van der Waals surface area (Å²) < 4.78 is 17.9. The summed E-state index contributed by atoms with van der Waals surface area (Å²) in [5.74, 6) is -3.44. The fourth-order valence-corrected chi connectivity index (χ4v) is 3.23. The van der Waals surface area contributed by atoms with Crippen molar-refractivity contribution in [2.45, 2.75) is 12.5 Å². The number of anilines is 1. The fraction of sp³-hybridized carbons (Fsp3) is 0.294. The Balaban J connectivity index is 1.92. The average Bonchev–Trinajstić information content (AvgIpc) is 2.64. The predicted molar refractivity (Wildman–Crippen MR) is 92.2 cm³/mol. The quantitative estimate of drug-likeness (QED) is 0.574. The lowest BCUT2D eigenvalue weighted by atomic mass is 9.92. The first-order valence-electron chi connectivity index (χ1n) is 8.00. The Bertz CT molecular complexity index is 885. The molecule has 0 spiro atoms. The molecule has 27 heavy (non-hydrogen) atoms. The number of ether oxygens (including phenoxy) is 1. The molecule has 0 unspecified atom stereocenters. The summed E-state index contributed by atoms with van der Waals surface area (Å²) >= 11 is 5.70. The van der Waals surface area contributed by atoms with E-state index < -0.39 is 35.4 Å². The van der Waals surface area contributed by atoms with Crippen molar-refractivity contribution >= 4 is 40.9 Å². The number of carbonyl (C=O) groups is 4. The van der Waals surface area contributed by atoms with Crippen LogP contribution in [0.2, 0.25) is 5.02 Å². The summed E-state index contributed by atoms with van der Waals surface area (Å²) in [6, 6.07) is 2.65. The van der Waals surface area contributed by atoms with Crippen LogP contribution >= 0.6 is 11.6 Å². The molecule has 2 aliphatic heterocycles. The van der Waals surface area contributed by atoms with E-state index in [-0.39, 0.29) is 41.5 Å². The molecule has 2 N–H and O–H groups in total. The summed E-state index contributed by atoms with van der Waals surface area (Å²) in [5, 5.41) is 4.93. The van der Waals surface area contributed by atoms with Crippen molar-refractivity contribution < 1.29 is 28.3 Å². The molecule has 2 amide bonds. The number of fused-ring (bicyclic) bond motifs is 1. The second-order valence-corrected chi connectivity index (χ2v) is 6.33. The first-order valence-corrected chi connectivity index (χ1v) is 8.37. The summed E-state index contributed by atoms with van der Waals surface area (Å²) in [6.45, 7) is 0.480. The smallest absolute Gasteiger partial charge is 0.343 e. The van der Waals surface area contributed by atoms with Gasteiger partial charge in [-0.25, -0.2) is 9.18 Å². The van der Waals surface area contributed by atoms with E-state index >= 15 is 0 Å². The van der Waals surface area contributed by atoms with Crippen LogP contribution in [0.15, 0.2) is 29.5 Å². The Morgan fingerprint density at radius 1 is 1.37 bits per heavy atom. The molecule has 142 valence electrons.